The molecule has 0 unspecified atom stereocenters. The van der Waals surface area contributed by atoms with Gasteiger partial charge in [0.05, 0.1) is 17.6 Å². The zero-order chi connectivity index (χ0) is 19.7. The minimum Gasteiger partial charge on any atom is -0.273 e. The molecule has 1 saturated heterocycles. The van der Waals surface area contributed by atoms with E-state index in [-0.39, 0.29) is 5.57 Å². The number of nitrogens with one attached hydrogen (secondary N) is 1. The lowest BCUT2D eigenvalue weighted by Gasteiger charge is -2.27. The minimum atomic E-state index is -0.763. The highest BCUT2D eigenvalue weighted by molar-refractivity contribution is 6.39. The van der Waals surface area contributed by atoms with Gasteiger partial charge in [0.2, 0.25) is 0 Å². The van der Waals surface area contributed by atoms with Crippen molar-refractivity contribution in [1.82, 2.24) is 15.1 Å². The van der Waals surface area contributed by atoms with Gasteiger partial charge in [0.25, 0.3) is 11.8 Å². The number of para-hydroxylation sites is 2. The number of barbiturate groups is 1. The molecule has 0 aliphatic carbocycles. The molecule has 138 valence electrons. The molecule has 0 radical (unpaired) electrons. The predicted molar refractivity (Wildman–Crippen MR) is 104 cm³/mol. The van der Waals surface area contributed by atoms with Crippen LogP contribution >= 0.6 is 0 Å². The van der Waals surface area contributed by atoms with Crippen LogP contribution in [0.25, 0.3) is 11.8 Å². The number of hydrogen-bond donors (Lipinski definition) is 1. The highest BCUT2D eigenvalue weighted by atomic mass is 16.2. The summed E-state index contributed by atoms with van der Waals surface area (Å²) >= 11 is 0. The largest absolute Gasteiger partial charge is 0.335 e. The van der Waals surface area contributed by atoms with Crippen LogP contribution in [0.3, 0.4) is 0 Å². The highest BCUT2D eigenvalue weighted by Gasteiger charge is 2.37. The van der Waals surface area contributed by atoms with Gasteiger partial charge in [0, 0.05) is 11.8 Å². The number of aryl methyl sites for hydroxylation is 1. The van der Waals surface area contributed by atoms with Crippen LogP contribution in [0.4, 0.5) is 10.5 Å². The van der Waals surface area contributed by atoms with Crippen molar-refractivity contribution in [2.45, 2.75) is 6.92 Å². The fraction of sp³-hybridized carbons (Fsp3) is 0.0476. The first-order valence-corrected chi connectivity index (χ1v) is 8.62. The first kappa shape index (κ1) is 17.4. The van der Waals surface area contributed by atoms with Gasteiger partial charge in [0.1, 0.15) is 5.57 Å². The van der Waals surface area contributed by atoms with Crippen molar-refractivity contribution in [1.29, 1.82) is 0 Å². The third-order valence-electron chi connectivity index (χ3n) is 4.39. The molecular weight excluding hydrogens is 356 g/mol. The third kappa shape index (κ3) is 3.09. The lowest BCUT2D eigenvalue weighted by atomic mass is 10.1. The predicted octanol–water partition coefficient (Wildman–Crippen LogP) is 2.85. The van der Waals surface area contributed by atoms with E-state index < -0.39 is 17.8 Å². The maximum Gasteiger partial charge on any atom is 0.335 e. The average molecular weight is 372 g/mol. The summed E-state index contributed by atoms with van der Waals surface area (Å²) in [5.74, 6) is -1.40. The zero-order valence-electron chi connectivity index (χ0n) is 15.0. The van der Waals surface area contributed by atoms with Crippen molar-refractivity contribution in [3.63, 3.8) is 0 Å². The van der Waals surface area contributed by atoms with E-state index in [0.717, 1.165) is 16.2 Å². The molecule has 0 spiro atoms. The second-order valence-electron chi connectivity index (χ2n) is 6.30. The Labute approximate surface area is 160 Å². The molecule has 7 nitrogen and oxygen atoms in total. The van der Waals surface area contributed by atoms with E-state index in [1.54, 1.807) is 42.2 Å². The number of imide groups is 2. The van der Waals surface area contributed by atoms with Crippen LogP contribution in [-0.2, 0) is 9.59 Å². The molecule has 4 amide bonds. The summed E-state index contributed by atoms with van der Waals surface area (Å²) in [5, 5.41) is 6.48. The molecule has 1 fully saturated rings. The van der Waals surface area contributed by atoms with Crippen molar-refractivity contribution >= 4 is 29.6 Å². The van der Waals surface area contributed by atoms with Gasteiger partial charge in [-0.1, -0.05) is 36.4 Å². The van der Waals surface area contributed by atoms with Crippen LogP contribution in [-0.4, -0.2) is 27.6 Å². The lowest BCUT2D eigenvalue weighted by Crippen LogP contribution is -2.54. The maximum atomic E-state index is 12.9. The normalized spacial score (nSPS) is 15.8. The van der Waals surface area contributed by atoms with Crippen molar-refractivity contribution in [3.05, 3.63) is 83.7 Å². The average Bonchev–Trinajstić information content (AvgIpc) is 3.16. The number of nitrogens with zero attached hydrogens (tertiary/aromatic N) is 3. The van der Waals surface area contributed by atoms with Gasteiger partial charge in [-0.25, -0.2) is 14.4 Å². The molecule has 4 rings (SSSR count). The minimum absolute atomic E-state index is 0.129. The van der Waals surface area contributed by atoms with Crippen LogP contribution in [0.1, 0.15) is 11.1 Å². The summed E-state index contributed by atoms with van der Waals surface area (Å²) in [4.78, 5) is 38.5. The molecule has 1 aliphatic rings. The molecule has 1 aliphatic heterocycles. The Kier molecular flexibility index (Phi) is 4.33. The van der Waals surface area contributed by atoms with E-state index in [1.165, 1.54) is 6.08 Å². The topological polar surface area (TPSA) is 84.3 Å². The van der Waals surface area contributed by atoms with E-state index in [0.29, 0.717) is 11.3 Å². The third-order valence-corrected chi connectivity index (χ3v) is 4.39. The maximum absolute atomic E-state index is 12.9. The van der Waals surface area contributed by atoms with E-state index >= 15 is 0 Å². The Balaban J connectivity index is 1.70. The molecule has 0 atom stereocenters. The molecule has 2 heterocycles. The summed E-state index contributed by atoms with van der Waals surface area (Å²) in [6.45, 7) is 1.79. The summed E-state index contributed by atoms with van der Waals surface area (Å²) in [7, 11) is 0. The van der Waals surface area contributed by atoms with Gasteiger partial charge in [-0.3, -0.25) is 14.9 Å². The second-order valence-corrected chi connectivity index (χ2v) is 6.30. The van der Waals surface area contributed by atoms with Gasteiger partial charge < -0.3 is 0 Å². The molecule has 7 heteroatoms. The molecule has 3 aromatic rings. The lowest BCUT2D eigenvalue weighted by molar-refractivity contribution is -0.122. The molecule has 0 saturated carbocycles. The summed E-state index contributed by atoms with van der Waals surface area (Å²) < 4.78 is 1.64. The fourth-order valence-corrected chi connectivity index (χ4v) is 2.99. The Morgan fingerprint density at radius 1 is 0.964 bits per heavy atom. The number of hydrogen-bond acceptors (Lipinski definition) is 4. The quantitative estimate of drug-likeness (QED) is 0.566. The first-order chi connectivity index (χ1) is 13.5. The van der Waals surface area contributed by atoms with E-state index in [9.17, 15) is 14.4 Å². The summed E-state index contributed by atoms with van der Waals surface area (Å²) in [6.07, 6.45) is 4.69. The van der Waals surface area contributed by atoms with E-state index in [1.807, 2.05) is 36.4 Å². The number of rotatable bonds is 3. The van der Waals surface area contributed by atoms with E-state index in [4.69, 9.17) is 0 Å². The molecule has 0 bridgehead atoms. The number of urea groups is 1. The smallest absolute Gasteiger partial charge is 0.273 e. The number of amides is 4. The first-order valence-electron chi connectivity index (χ1n) is 8.62. The highest BCUT2D eigenvalue weighted by Crippen LogP contribution is 2.25. The number of benzene rings is 2. The zero-order valence-corrected chi connectivity index (χ0v) is 15.0. The molecule has 28 heavy (non-hydrogen) atoms. The van der Waals surface area contributed by atoms with Crippen LogP contribution < -0.4 is 10.2 Å². The van der Waals surface area contributed by atoms with Crippen molar-refractivity contribution < 1.29 is 14.4 Å². The van der Waals surface area contributed by atoms with Gasteiger partial charge in [-0.2, -0.15) is 5.10 Å². The molecular formula is C21H16N4O3. The molecule has 1 N–H and O–H groups in total. The Bertz CT molecular complexity index is 1120. The number of anilines is 1. The Morgan fingerprint density at radius 2 is 1.68 bits per heavy atom. The van der Waals surface area contributed by atoms with Gasteiger partial charge in [-0.15, -0.1) is 0 Å². The van der Waals surface area contributed by atoms with Gasteiger partial charge in [0.15, 0.2) is 0 Å². The fourth-order valence-electron chi connectivity index (χ4n) is 2.99. The van der Waals surface area contributed by atoms with Crippen molar-refractivity contribution in [2.24, 2.45) is 0 Å². The second kappa shape index (κ2) is 6.96. The number of aromatic nitrogens is 2. The van der Waals surface area contributed by atoms with Crippen LogP contribution in [0.15, 0.2) is 72.6 Å². The number of carbonyl (C=O) groups excluding carboxylic acids is 3. The van der Waals surface area contributed by atoms with Crippen molar-refractivity contribution in [3.8, 4) is 5.69 Å². The van der Waals surface area contributed by atoms with E-state index in [2.05, 4.69) is 10.4 Å². The summed E-state index contributed by atoms with van der Waals surface area (Å²) in [6, 6.07) is 15.7. The van der Waals surface area contributed by atoms with Gasteiger partial charge >= 0.3 is 6.03 Å². The van der Waals surface area contributed by atoms with Crippen LogP contribution in [0.2, 0.25) is 0 Å². The summed E-state index contributed by atoms with van der Waals surface area (Å²) in [5.41, 5.74) is 2.47. The standard InChI is InChI=1S/C21H16N4O3/c1-14-7-5-6-10-18(14)25-20(27)17(19(26)23-21(25)28)11-15-12-22-24(13-15)16-8-3-2-4-9-16/h2-13H,1H3,(H,23,26,28)/b17-11+. The van der Waals surface area contributed by atoms with Crippen LogP contribution in [0.5, 0.6) is 0 Å². The van der Waals surface area contributed by atoms with Crippen LogP contribution in [0, 0.1) is 6.92 Å². The Hall–Kier alpha value is -4.00. The molecule has 2 aromatic carbocycles. The SMILES string of the molecule is Cc1ccccc1N1C(=O)NC(=O)/C(=C\c2cnn(-c3ccccc3)c2)C1=O. The molecule has 1 aromatic heterocycles. The number of carbonyl (C=O) groups is 3. The monoisotopic (exact) mass is 372 g/mol. The Morgan fingerprint density at radius 3 is 2.43 bits per heavy atom. The van der Waals surface area contributed by atoms with Crippen molar-refractivity contribution in [2.75, 3.05) is 4.90 Å². The van der Waals surface area contributed by atoms with Gasteiger partial charge in [-0.05, 0) is 36.8 Å².